The van der Waals surface area contributed by atoms with Crippen molar-refractivity contribution in [2.45, 2.75) is 26.1 Å². The van der Waals surface area contributed by atoms with Gasteiger partial charge in [-0.3, -0.25) is 9.63 Å². The number of aliphatic hydroxyl groups is 1. The fraction of sp³-hybridized carbons (Fsp3) is 0.500. The molecule has 0 radical (unpaired) electrons. The zero-order chi connectivity index (χ0) is 14.6. The lowest BCUT2D eigenvalue weighted by molar-refractivity contribution is -0.177. The number of amides is 1. The highest BCUT2D eigenvalue weighted by Crippen LogP contribution is 2.17. The molecule has 1 heterocycles. The number of hydroxylamine groups is 2. The first-order chi connectivity index (χ1) is 8.86. The summed E-state index contributed by atoms with van der Waals surface area (Å²) in [6, 6.07) is 0. The van der Waals surface area contributed by atoms with Gasteiger partial charge < -0.3 is 5.11 Å². The van der Waals surface area contributed by atoms with Crippen molar-refractivity contribution >= 4 is 23.3 Å². The van der Waals surface area contributed by atoms with Gasteiger partial charge in [-0.2, -0.15) is 0 Å². The predicted octanol–water partition coefficient (Wildman–Crippen LogP) is 1.57. The summed E-state index contributed by atoms with van der Waals surface area (Å²) in [6.07, 6.45) is -2.03. The highest BCUT2D eigenvalue weighted by Gasteiger charge is 2.30. The van der Waals surface area contributed by atoms with Crippen molar-refractivity contribution in [3.8, 4) is 0 Å². The molecule has 2 atom stereocenters. The Morgan fingerprint density at radius 1 is 1.68 bits per heavy atom. The van der Waals surface area contributed by atoms with Crippen molar-refractivity contribution in [3.05, 3.63) is 21.7 Å². The molecule has 0 fully saturated rings. The number of hydrogen-bond acceptors (Lipinski definition) is 5. The van der Waals surface area contributed by atoms with E-state index in [0.717, 1.165) is 10.1 Å². The molecule has 1 aromatic heterocycles. The van der Waals surface area contributed by atoms with E-state index in [1.165, 1.54) is 25.5 Å². The molecule has 106 valence electrons. The number of halogens is 1. The molecule has 0 aliphatic heterocycles. The molecule has 1 N–H and O–H groups in total. The summed E-state index contributed by atoms with van der Waals surface area (Å²) in [5, 5.41) is 13.2. The Hall–Kier alpha value is -1.31. The Bertz CT molecular complexity index is 475. The summed E-state index contributed by atoms with van der Waals surface area (Å²) >= 11 is 1.46. The van der Waals surface area contributed by atoms with Crippen LogP contribution in [-0.4, -0.2) is 47.5 Å². The Morgan fingerprint density at radius 2 is 2.32 bits per heavy atom. The summed E-state index contributed by atoms with van der Waals surface area (Å²) in [6.45, 7) is 3.40. The standard InChI is InChI=1S/C12H17FN2O3S/c1-7(5-9-6-19-8(2)14-9)11(16)10(13)12(17)15(3)18-4/h5-6,10-11,16H,1-4H3/b7-5+/t10?,11-/m1/s1. The van der Waals surface area contributed by atoms with E-state index in [-0.39, 0.29) is 0 Å². The van der Waals surface area contributed by atoms with Gasteiger partial charge >= 0.3 is 0 Å². The molecular formula is C12H17FN2O3S. The smallest absolute Gasteiger partial charge is 0.283 e. The number of alkyl halides is 1. The van der Waals surface area contributed by atoms with E-state index in [1.807, 2.05) is 6.92 Å². The molecule has 0 aromatic carbocycles. The van der Waals surface area contributed by atoms with E-state index in [2.05, 4.69) is 9.82 Å². The van der Waals surface area contributed by atoms with Crippen LogP contribution in [0.3, 0.4) is 0 Å². The van der Waals surface area contributed by atoms with Crippen LogP contribution in [0.1, 0.15) is 17.6 Å². The number of nitrogens with zero attached hydrogens (tertiary/aromatic N) is 2. The number of aliphatic hydroxyl groups excluding tert-OH is 1. The topological polar surface area (TPSA) is 62.7 Å². The van der Waals surface area contributed by atoms with Crippen molar-refractivity contribution in [3.63, 3.8) is 0 Å². The molecule has 0 aliphatic carbocycles. The quantitative estimate of drug-likeness (QED) is 0.836. The maximum absolute atomic E-state index is 13.8. The lowest BCUT2D eigenvalue weighted by Gasteiger charge is -2.20. The Kier molecular flexibility index (Phi) is 5.59. The van der Waals surface area contributed by atoms with E-state index in [4.69, 9.17) is 0 Å². The van der Waals surface area contributed by atoms with Crippen LogP contribution in [0.2, 0.25) is 0 Å². The maximum Gasteiger partial charge on any atom is 0.283 e. The van der Waals surface area contributed by atoms with Crippen molar-refractivity contribution in [2.24, 2.45) is 0 Å². The minimum atomic E-state index is -2.07. The molecule has 1 unspecified atom stereocenters. The molecular weight excluding hydrogens is 271 g/mol. The van der Waals surface area contributed by atoms with Gasteiger partial charge in [-0.1, -0.05) is 0 Å². The molecule has 0 bridgehead atoms. The number of rotatable bonds is 5. The van der Waals surface area contributed by atoms with E-state index in [0.29, 0.717) is 11.3 Å². The lowest BCUT2D eigenvalue weighted by Crippen LogP contribution is -2.40. The summed E-state index contributed by atoms with van der Waals surface area (Å²) in [5.41, 5.74) is 0.967. The van der Waals surface area contributed by atoms with Crippen LogP contribution in [0, 0.1) is 6.92 Å². The fourth-order valence-electron chi connectivity index (χ4n) is 1.39. The molecule has 0 saturated heterocycles. The van der Waals surface area contributed by atoms with E-state index >= 15 is 0 Å². The second kappa shape index (κ2) is 6.74. The van der Waals surface area contributed by atoms with Gasteiger partial charge in [-0.05, 0) is 25.5 Å². The van der Waals surface area contributed by atoms with Crippen LogP contribution in [-0.2, 0) is 9.63 Å². The average molecular weight is 288 g/mol. The average Bonchev–Trinajstić information content (AvgIpc) is 2.80. The van der Waals surface area contributed by atoms with Crippen LogP contribution >= 0.6 is 11.3 Å². The van der Waals surface area contributed by atoms with Crippen molar-refractivity contribution in [1.29, 1.82) is 0 Å². The first-order valence-corrected chi connectivity index (χ1v) is 6.49. The minimum Gasteiger partial charge on any atom is -0.385 e. The molecule has 0 saturated carbocycles. The van der Waals surface area contributed by atoms with Gasteiger partial charge in [0.1, 0.15) is 6.10 Å². The lowest BCUT2D eigenvalue weighted by atomic mass is 10.1. The highest BCUT2D eigenvalue weighted by atomic mass is 32.1. The van der Waals surface area contributed by atoms with Crippen LogP contribution in [0.5, 0.6) is 0 Å². The van der Waals surface area contributed by atoms with E-state index in [1.54, 1.807) is 18.4 Å². The van der Waals surface area contributed by atoms with Gasteiger partial charge in [0, 0.05) is 12.4 Å². The third-order valence-corrected chi connectivity index (χ3v) is 3.37. The van der Waals surface area contributed by atoms with Gasteiger partial charge in [0.25, 0.3) is 5.91 Å². The van der Waals surface area contributed by atoms with Gasteiger partial charge in [0.05, 0.1) is 17.8 Å². The molecule has 7 heteroatoms. The van der Waals surface area contributed by atoms with Gasteiger partial charge in [0.2, 0.25) is 6.17 Å². The summed E-state index contributed by atoms with van der Waals surface area (Å²) in [4.78, 5) is 20.3. The third-order valence-electron chi connectivity index (χ3n) is 2.58. The fourth-order valence-corrected chi connectivity index (χ4v) is 1.96. The molecule has 1 rings (SSSR count). The highest BCUT2D eigenvalue weighted by molar-refractivity contribution is 7.09. The van der Waals surface area contributed by atoms with Crippen molar-refractivity contribution in [1.82, 2.24) is 10.0 Å². The molecule has 0 aliphatic rings. The van der Waals surface area contributed by atoms with E-state index < -0.39 is 18.2 Å². The first kappa shape index (κ1) is 15.7. The van der Waals surface area contributed by atoms with Crippen molar-refractivity contribution in [2.75, 3.05) is 14.2 Å². The zero-order valence-corrected chi connectivity index (χ0v) is 12.1. The normalized spacial score (nSPS) is 15.2. The van der Waals surface area contributed by atoms with Gasteiger partial charge in [-0.15, -0.1) is 11.3 Å². The van der Waals surface area contributed by atoms with Crippen molar-refractivity contribution < 1.29 is 19.1 Å². The predicted molar refractivity (Wildman–Crippen MR) is 71.2 cm³/mol. The molecule has 5 nitrogen and oxygen atoms in total. The number of carbonyl (C=O) groups excluding carboxylic acids is 1. The molecule has 19 heavy (non-hydrogen) atoms. The maximum atomic E-state index is 13.8. The number of aromatic nitrogens is 1. The second-order valence-corrected chi connectivity index (χ2v) is 5.11. The molecule has 0 spiro atoms. The number of aryl methyl sites for hydroxylation is 1. The van der Waals surface area contributed by atoms with Gasteiger partial charge in [0.15, 0.2) is 0 Å². The Labute approximate surface area is 115 Å². The van der Waals surface area contributed by atoms with Crippen LogP contribution in [0.4, 0.5) is 4.39 Å². The summed E-state index contributed by atoms with van der Waals surface area (Å²) in [7, 11) is 2.53. The molecule has 1 amide bonds. The Morgan fingerprint density at radius 3 is 2.79 bits per heavy atom. The molecule has 1 aromatic rings. The monoisotopic (exact) mass is 288 g/mol. The largest absolute Gasteiger partial charge is 0.385 e. The van der Waals surface area contributed by atoms with Crippen LogP contribution in [0.15, 0.2) is 11.0 Å². The van der Waals surface area contributed by atoms with E-state index in [9.17, 15) is 14.3 Å². The summed E-state index contributed by atoms with van der Waals surface area (Å²) < 4.78 is 13.8. The third kappa shape index (κ3) is 4.09. The number of thiazole rings is 1. The van der Waals surface area contributed by atoms with Crippen LogP contribution < -0.4 is 0 Å². The van der Waals surface area contributed by atoms with Gasteiger partial charge in [-0.25, -0.2) is 14.4 Å². The zero-order valence-electron chi connectivity index (χ0n) is 11.3. The minimum absolute atomic E-state index is 0.329. The number of hydrogen-bond donors (Lipinski definition) is 1. The SMILES string of the molecule is CON(C)C(=O)C(F)[C@H](O)/C(C)=C/c1csc(C)n1. The first-order valence-electron chi connectivity index (χ1n) is 5.61. The second-order valence-electron chi connectivity index (χ2n) is 4.04. The number of carbonyl (C=O) groups is 1. The summed E-state index contributed by atoms with van der Waals surface area (Å²) in [5.74, 6) is -0.933. The van der Waals surface area contributed by atoms with Crippen LogP contribution in [0.25, 0.3) is 6.08 Å². The Balaban J connectivity index is 2.78.